The third-order valence-electron chi connectivity index (χ3n) is 5.12. The van der Waals surface area contributed by atoms with Crippen LogP contribution in [0.15, 0.2) is 36.5 Å². The van der Waals surface area contributed by atoms with Crippen molar-refractivity contribution in [2.24, 2.45) is 5.92 Å². The molecule has 2 heterocycles. The van der Waals surface area contributed by atoms with E-state index in [2.05, 4.69) is 10.3 Å². The number of carbonyl (C=O) groups excluding carboxylic acids is 3. The number of ether oxygens (including phenoxy) is 1. The Bertz CT molecular complexity index is 891. The number of pyridine rings is 1. The minimum Gasteiger partial charge on any atom is -0.467 e. The predicted molar refractivity (Wildman–Crippen MR) is 105 cm³/mol. The van der Waals surface area contributed by atoms with Gasteiger partial charge in [0.1, 0.15) is 12.1 Å². The molecule has 0 saturated carbocycles. The number of aromatic nitrogens is 1. The van der Waals surface area contributed by atoms with Crippen LogP contribution in [-0.4, -0.2) is 53.4 Å². The van der Waals surface area contributed by atoms with Crippen molar-refractivity contribution in [3.63, 3.8) is 0 Å². The molecule has 3 rings (SSSR count). The number of esters is 1. The second-order valence-electron chi connectivity index (χ2n) is 7.28. The molecule has 2 atom stereocenters. The minimum absolute atomic E-state index is 0.136. The number of carbonyl (C=O) groups is 3. The first-order valence-electron chi connectivity index (χ1n) is 9.47. The molecule has 0 radical (unpaired) electrons. The number of hydrogen-bond donors (Lipinski definition) is 1. The molecule has 0 aliphatic carbocycles. The average Bonchev–Trinajstić information content (AvgIpc) is 3.20. The van der Waals surface area contributed by atoms with Gasteiger partial charge in [0.05, 0.1) is 18.2 Å². The molecule has 7 heteroatoms. The van der Waals surface area contributed by atoms with Gasteiger partial charge < -0.3 is 15.0 Å². The molecule has 148 valence electrons. The van der Waals surface area contributed by atoms with Crippen LogP contribution in [0.2, 0.25) is 0 Å². The third kappa shape index (κ3) is 3.83. The Morgan fingerprint density at radius 1 is 1.21 bits per heavy atom. The second-order valence-corrected chi connectivity index (χ2v) is 7.28. The lowest BCUT2D eigenvalue weighted by Crippen LogP contribution is -2.54. The molecule has 1 aliphatic rings. The summed E-state index contributed by atoms with van der Waals surface area (Å²) in [6.45, 7) is 4.23. The largest absolute Gasteiger partial charge is 0.467 e. The maximum Gasteiger partial charge on any atom is 0.328 e. The molecule has 0 spiro atoms. The van der Waals surface area contributed by atoms with E-state index >= 15 is 0 Å². The molecule has 2 aromatic rings. The number of likely N-dealkylation sites (tertiary alicyclic amines) is 1. The summed E-state index contributed by atoms with van der Waals surface area (Å²) in [4.78, 5) is 43.9. The van der Waals surface area contributed by atoms with Gasteiger partial charge in [-0.15, -0.1) is 0 Å². The van der Waals surface area contributed by atoms with Crippen molar-refractivity contribution in [3.05, 3.63) is 42.1 Å². The van der Waals surface area contributed by atoms with Crippen LogP contribution in [0.25, 0.3) is 10.9 Å². The number of methoxy groups -OCH3 is 1. The van der Waals surface area contributed by atoms with Crippen LogP contribution in [0.4, 0.5) is 0 Å². The molecule has 28 heavy (non-hydrogen) atoms. The van der Waals surface area contributed by atoms with Gasteiger partial charge in [0, 0.05) is 18.1 Å². The Labute approximate surface area is 164 Å². The van der Waals surface area contributed by atoms with Crippen LogP contribution in [0.1, 0.15) is 37.0 Å². The summed E-state index contributed by atoms with van der Waals surface area (Å²) < 4.78 is 4.83. The molecule has 1 aromatic heterocycles. The first-order valence-corrected chi connectivity index (χ1v) is 9.47. The fourth-order valence-corrected chi connectivity index (χ4v) is 3.62. The lowest BCUT2D eigenvalue weighted by molar-refractivity contribution is -0.151. The molecule has 1 aliphatic heterocycles. The smallest absolute Gasteiger partial charge is 0.328 e. The molecular formula is C21H25N3O4. The summed E-state index contributed by atoms with van der Waals surface area (Å²) in [6, 6.07) is 7.70. The van der Waals surface area contributed by atoms with E-state index in [9.17, 15) is 14.4 Å². The summed E-state index contributed by atoms with van der Waals surface area (Å²) in [5.74, 6) is -1.14. The van der Waals surface area contributed by atoms with E-state index in [4.69, 9.17) is 4.74 Å². The van der Waals surface area contributed by atoms with Crippen molar-refractivity contribution in [1.82, 2.24) is 15.2 Å². The zero-order valence-electron chi connectivity index (χ0n) is 16.3. The van der Waals surface area contributed by atoms with E-state index < -0.39 is 18.1 Å². The molecule has 1 aromatic carbocycles. The van der Waals surface area contributed by atoms with Crippen LogP contribution < -0.4 is 5.32 Å². The van der Waals surface area contributed by atoms with Crippen molar-refractivity contribution in [3.8, 4) is 0 Å². The zero-order valence-corrected chi connectivity index (χ0v) is 16.3. The van der Waals surface area contributed by atoms with Crippen LogP contribution in [0, 0.1) is 5.92 Å². The van der Waals surface area contributed by atoms with Crippen molar-refractivity contribution in [2.45, 2.75) is 38.8 Å². The number of nitrogens with zero attached hydrogens (tertiary/aromatic N) is 2. The maximum absolute atomic E-state index is 13.1. The molecular weight excluding hydrogens is 358 g/mol. The number of hydrogen-bond acceptors (Lipinski definition) is 5. The quantitative estimate of drug-likeness (QED) is 0.800. The number of para-hydroxylation sites is 1. The first kappa shape index (κ1) is 19.8. The van der Waals surface area contributed by atoms with E-state index in [1.54, 1.807) is 12.3 Å². The van der Waals surface area contributed by atoms with Gasteiger partial charge in [-0.3, -0.25) is 14.6 Å². The monoisotopic (exact) mass is 383 g/mol. The molecule has 1 saturated heterocycles. The Morgan fingerprint density at radius 3 is 2.68 bits per heavy atom. The van der Waals surface area contributed by atoms with Crippen LogP contribution >= 0.6 is 0 Å². The summed E-state index contributed by atoms with van der Waals surface area (Å²) in [6.07, 6.45) is 2.89. The molecule has 0 bridgehead atoms. The fraction of sp³-hybridized carbons (Fsp3) is 0.429. The summed E-state index contributed by atoms with van der Waals surface area (Å²) in [5, 5.41) is 3.60. The van der Waals surface area contributed by atoms with Crippen LogP contribution in [0.5, 0.6) is 0 Å². The lowest BCUT2D eigenvalue weighted by atomic mass is 10.0. The zero-order chi connectivity index (χ0) is 20.3. The van der Waals surface area contributed by atoms with Crippen molar-refractivity contribution >= 4 is 28.7 Å². The van der Waals surface area contributed by atoms with Crippen LogP contribution in [0.3, 0.4) is 0 Å². The van der Waals surface area contributed by atoms with E-state index in [1.807, 2.05) is 38.1 Å². The maximum atomic E-state index is 13.1. The van der Waals surface area contributed by atoms with Crippen LogP contribution in [-0.2, 0) is 14.3 Å². The minimum atomic E-state index is -0.732. The number of rotatable bonds is 5. The van der Waals surface area contributed by atoms with Crippen molar-refractivity contribution < 1.29 is 19.1 Å². The Hall–Kier alpha value is -2.96. The van der Waals surface area contributed by atoms with Crippen molar-refractivity contribution in [2.75, 3.05) is 13.7 Å². The topological polar surface area (TPSA) is 88.6 Å². The first-order chi connectivity index (χ1) is 13.4. The highest BCUT2D eigenvalue weighted by atomic mass is 16.5. The highest BCUT2D eigenvalue weighted by Gasteiger charge is 2.39. The molecule has 7 nitrogen and oxygen atoms in total. The number of benzene rings is 1. The summed E-state index contributed by atoms with van der Waals surface area (Å²) in [7, 11) is 1.32. The number of nitrogens with one attached hydrogen (secondary N) is 1. The van der Waals surface area contributed by atoms with Gasteiger partial charge in [0.2, 0.25) is 5.91 Å². The molecule has 1 fully saturated rings. The average molecular weight is 383 g/mol. The van der Waals surface area contributed by atoms with Gasteiger partial charge >= 0.3 is 5.97 Å². The SMILES string of the molecule is COC(=O)[C@@H]1CCCN1C(=O)[C@@H](NC(=O)c1ccnc2ccccc12)C(C)C. The summed E-state index contributed by atoms with van der Waals surface area (Å²) in [5.41, 5.74) is 1.18. The fourth-order valence-electron chi connectivity index (χ4n) is 3.62. The normalized spacial score (nSPS) is 17.6. The van der Waals surface area contributed by atoms with E-state index in [-0.39, 0.29) is 17.7 Å². The Kier molecular flexibility index (Phi) is 5.92. The van der Waals surface area contributed by atoms with Gasteiger partial charge in [-0.2, -0.15) is 0 Å². The highest BCUT2D eigenvalue weighted by Crippen LogP contribution is 2.22. The Morgan fingerprint density at radius 2 is 1.96 bits per heavy atom. The number of fused-ring (bicyclic) bond motifs is 1. The van der Waals surface area contributed by atoms with E-state index in [0.29, 0.717) is 24.0 Å². The van der Waals surface area contributed by atoms with Gasteiger partial charge in [-0.25, -0.2) is 4.79 Å². The second kappa shape index (κ2) is 8.37. The molecule has 2 amide bonds. The van der Waals surface area contributed by atoms with Gasteiger partial charge in [-0.1, -0.05) is 32.0 Å². The van der Waals surface area contributed by atoms with Crippen molar-refractivity contribution in [1.29, 1.82) is 0 Å². The van der Waals surface area contributed by atoms with Gasteiger partial charge in [0.25, 0.3) is 5.91 Å². The molecule has 0 unspecified atom stereocenters. The standard InChI is InChI=1S/C21H25N3O4/c1-13(2)18(20(26)24-12-6-9-17(24)21(27)28-3)23-19(25)15-10-11-22-16-8-5-4-7-14(15)16/h4-5,7-8,10-11,13,17-18H,6,9,12H2,1-3H3,(H,23,25)/t17-,18-/m0/s1. The van der Waals surface area contributed by atoms with E-state index in [1.165, 1.54) is 12.0 Å². The third-order valence-corrected chi connectivity index (χ3v) is 5.12. The number of amides is 2. The van der Waals surface area contributed by atoms with Gasteiger partial charge in [-0.05, 0) is 30.9 Å². The van der Waals surface area contributed by atoms with E-state index in [0.717, 1.165) is 11.8 Å². The molecule has 1 N–H and O–H groups in total. The highest BCUT2D eigenvalue weighted by molar-refractivity contribution is 6.07. The lowest BCUT2D eigenvalue weighted by Gasteiger charge is -2.30. The van der Waals surface area contributed by atoms with Gasteiger partial charge in [0.15, 0.2) is 0 Å². The predicted octanol–water partition coefficient (Wildman–Crippen LogP) is 2.15. The Balaban J connectivity index is 1.84. The summed E-state index contributed by atoms with van der Waals surface area (Å²) >= 11 is 0.